The number of halogens is 2. The van der Waals surface area contributed by atoms with Crippen molar-refractivity contribution >= 4 is 37.8 Å². The minimum atomic E-state index is -0.134. The van der Waals surface area contributed by atoms with Gasteiger partial charge >= 0.3 is 0 Å². The van der Waals surface area contributed by atoms with E-state index >= 15 is 0 Å². The van der Waals surface area contributed by atoms with Gasteiger partial charge in [0.05, 0.1) is 0 Å². The first kappa shape index (κ1) is 14.6. The normalized spacial score (nSPS) is 12.5. The van der Waals surface area contributed by atoms with Crippen molar-refractivity contribution in [3.8, 4) is 0 Å². The predicted molar refractivity (Wildman–Crippen MR) is 76.4 cm³/mol. The van der Waals surface area contributed by atoms with Gasteiger partial charge in [-0.15, -0.1) is 0 Å². The highest BCUT2D eigenvalue weighted by molar-refractivity contribution is 9.10. The third-order valence-electron chi connectivity index (χ3n) is 2.17. The van der Waals surface area contributed by atoms with Gasteiger partial charge < -0.3 is 5.32 Å². The van der Waals surface area contributed by atoms with E-state index in [4.69, 9.17) is 0 Å². The molecule has 0 aliphatic carbocycles. The number of pyridine rings is 1. The maximum Gasteiger partial charge on any atom is 0.269 e. The van der Waals surface area contributed by atoms with E-state index < -0.39 is 0 Å². The van der Waals surface area contributed by atoms with Gasteiger partial charge in [0.1, 0.15) is 5.69 Å². The molecule has 0 spiro atoms. The maximum atomic E-state index is 11.7. The molecule has 1 aromatic heterocycles. The lowest BCUT2D eigenvalue weighted by Gasteiger charge is -2.12. The second-order valence-corrected chi connectivity index (χ2v) is 6.51. The minimum absolute atomic E-state index is 0.134. The van der Waals surface area contributed by atoms with Crippen LogP contribution in [-0.2, 0) is 0 Å². The molecule has 1 unspecified atom stereocenters. The van der Waals surface area contributed by atoms with E-state index in [1.165, 1.54) is 0 Å². The lowest BCUT2D eigenvalue weighted by Crippen LogP contribution is -2.30. The lowest BCUT2D eigenvalue weighted by molar-refractivity contribution is 0.0948. The number of hydrogen-bond acceptors (Lipinski definition) is 2. The number of carbonyl (C=O) groups is 1. The first-order chi connectivity index (χ1) is 7.99. The highest BCUT2D eigenvalue weighted by Crippen LogP contribution is 2.12. The zero-order chi connectivity index (χ0) is 12.8. The zero-order valence-electron chi connectivity index (χ0n) is 9.91. The average molecular weight is 364 g/mol. The molecular weight excluding hydrogens is 348 g/mol. The Morgan fingerprint density at radius 3 is 2.71 bits per heavy atom. The molecule has 0 bridgehead atoms. The van der Waals surface area contributed by atoms with E-state index in [0.29, 0.717) is 23.0 Å². The van der Waals surface area contributed by atoms with Gasteiger partial charge in [-0.25, -0.2) is 4.98 Å². The number of aromatic nitrogens is 1. The molecule has 0 radical (unpaired) electrons. The van der Waals surface area contributed by atoms with Crippen molar-refractivity contribution in [2.24, 2.45) is 5.92 Å². The predicted octanol–water partition coefficient (Wildman–Crippen LogP) is 3.38. The smallest absolute Gasteiger partial charge is 0.269 e. The summed E-state index contributed by atoms with van der Waals surface area (Å²) in [5, 5.41) is 2.86. The van der Waals surface area contributed by atoms with Crippen molar-refractivity contribution in [2.75, 3.05) is 6.54 Å². The van der Waals surface area contributed by atoms with Gasteiger partial charge in [0.15, 0.2) is 0 Å². The molecule has 1 heterocycles. The summed E-state index contributed by atoms with van der Waals surface area (Å²) in [4.78, 5) is 16.1. The maximum absolute atomic E-state index is 11.7. The van der Waals surface area contributed by atoms with E-state index in [2.05, 4.69) is 56.0 Å². The molecule has 0 saturated carbocycles. The van der Waals surface area contributed by atoms with Crippen LogP contribution in [0.25, 0.3) is 0 Å². The molecule has 17 heavy (non-hydrogen) atoms. The quantitative estimate of drug-likeness (QED) is 0.814. The van der Waals surface area contributed by atoms with Crippen LogP contribution in [0.4, 0.5) is 0 Å². The highest BCUT2D eigenvalue weighted by Gasteiger charge is 2.11. The summed E-state index contributed by atoms with van der Waals surface area (Å²) in [6, 6.07) is 3.51. The minimum Gasteiger partial charge on any atom is -0.350 e. The number of nitrogens with one attached hydrogen (secondary N) is 1. The van der Waals surface area contributed by atoms with Gasteiger partial charge in [0.2, 0.25) is 0 Å². The van der Waals surface area contributed by atoms with E-state index in [-0.39, 0.29) is 5.91 Å². The number of amides is 1. The monoisotopic (exact) mass is 362 g/mol. The van der Waals surface area contributed by atoms with Crippen LogP contribution in [0.1, 0.15) is 30.8 Å². The molecule has 1 amide bonds. The van der Waals surface area contributed by atoms with Crippen LogP contribution in [0.5, 0.6) is 0 Å². The Labute approximate surface area is 119 Å². The van der Waals surface area contributed by atoms with E-state index in [9.17, 15) is 4.79 Å². The van der Waals surface area contributed by atoms with Crippen LogP contribution >= 0.6 is 31.9 Å². The number of nitrogens with zero attached hydrogens (tertiary/aromatic N) is 1. The Morgan fingerprint density at radius 2 is 2.18 bits per heavy atom. The Kier molecular flexibility index (Phi) is 6.12. The fourth-order valence-electron chi connectivity index (χ4n) is 1.40. The molecule has 0 aliphatic heterocycles. The Balaban J connectivity index is 2.42. The third-order valence-corrected chi connectivity index (χ3v) is 3.34. The molecule has 0 aliphatic rings. The molecule has 94 valence electrons. The summed E-state index contributed by atoms with van der Waals surface area (Å²) >= 11 is 6.83. The Morgan fingerprint density at radius 1 is 1.47 bits per heavy atom. The average Bonchev–Trinajstić information content (AvgIpc) is 2.26. The van der Waals surface area contributed by atoms with Crippen LogP contribution in [0.2, 0.25) is 0 Å². The van der Waals surface area contributed by atoms with Crippen molar-refractivity contribution in [3.05, 3.63) is 28.5 Å². The molecule has 0 fully saturated rings. The van der Waals surface area contributed by atoms with Gasteiger partial charge in [-0.2, -0.15) is 0 Å². The number of rotatable bonds is 5. The molecule has 0 saturated heterocycles. The van der Waals surface area contributed by atoms with Crippen LogP contribution in [0.3, 0.4) is 0 Å². The summed E-state index contributed by atoms with van der Waals surface area (Å²) < 4.78 is 0.868. The van der Waals surface area contributed by atoms with Gasteiger partial charge in [-0.3, -0.25) is 4.79 Å². The Hall–Kier alpha value is -0.420. The summed E-state index contributed by atoms with van der Waals surface area (Å²) in [7, 11) is 0. The van der Waals surface area contributed by atoms with Crippen molar-refractivity contribution in [1.82, 2.24) is 10.3 Å². The lowest BCUT2D eigenvalue weighted by atomic mass is 10.1. The first-order valence-electron chi connectivity index (χ1n) is 5.53. The molecule has 1 N–H and O–H groups in total. The number of hydrogen-bond donors (Lipinski definition) is 1. The second kappa shape index (κ2) is 7.11. The molecule has 5 heteroatoms. The molecule has 0 aromatic carbocycles. The molecule has 1 rings (SSSR count). The van der Waals surface area contributed by atoms with Crippen LogP contribution in [0.15, 0.2) is 22.8 Å². The summed E-state index contributed by atoms with van der Waals surface area (Å²) in [6.45, 7) is 4.94. The molecular formula is C12H16Br2N2O. The third kappa shape index (κ3) is 5.64. The van der Waals surface area contributed by atoms with Gasteiger partial charge in [0, 0.05) is 22.0 Å². The number of carbonyl (C=O) groups excluding carboxylic acids is 1. The SMILES string of the molecule is CC(C)CC(Br)CNC(=O)c1ccc(Br)cn1. The highest BCUT2D eigenvalue weighted by atomic mass is 79.9. The van der Waals surface area contributed by atoms with Gasteiger partial charge in [0.25, 0.3) is 5.91 Å². The fraction of sp³-hybridized carbons (Fsp3) is 0.500. The van der Waals surface area contributed by atoms with Crippen LogP contribution in [0, 0.1) is 5.92 Å². The Bertz CT molecular complexity index is 365. The van der Waals surface area contributed by atoms with Crippen molar-refractivity contribution in [2.45, 2.75) is 25.1 Å². The molecule has 1 atom stereocenters. The number of alkyl halides is 1. The van der Waals surface area contributed by atoms with E-state index in [0.717, 1.165) is 10.9 Å². The standard InChI is InChI=1S/C12H16Br2N2O/c1-8(2)5-10(14)7-16-12(17)11-4-3-9(13)6-15-11/h3-4,6,8,10H,5,7H2,1-2H3,(H,16,17). The fourth-order valence-corrected chi connectivity index (χ4v) is 2.54. The zero-order valence-corrected chi connectivity index (χ0v) is 13.1. The largest absolute Gasteiger partial charge is 0.350 e. The van der Waals surface area contributed by atoms with Gasteiger partial charge in [-0.1, -0.05) is 29.8 Å². The van der Waals surface area contributed by atoms with Crippen molar-refractivity contribution in [3.63, 3.8) is 0 Å². The van der Waals surface area contributed by atoms with Crippen LogP contribution in [-0.4, -0.2) is 22.3 Å². The molecule has 1 aromatic rings. The first-order valence-corrected chi connectivity index (χ1v) is 7.23. The van der Waals surface area contributed by atoms with Gasteiger partial charge in [-0.05, 0) is 40.4 Å². The molecule has 3 nitrogen and oxygen atoms in total. The van der Waals surface area contributed by atoms with Crippen LogP contribution < -0.4 is 5.32 Å². The van der Waals surface area contributed by atoms with E-state index in [1.807, 2.05) is 6.07 Å². The summed E-state index contributed by atoms with van der Waals surface area (Å²) in [5.74, 6) is 0.479. The van der Waals surface area contributed by atoms with Crippen molar-refractivity contribution in [1.29, 1.82) is 0 Å². The summed E-state index contributed by atoms with van der Waals surface area (Å²) in [6.07, 6.45) is 2.66. The second-order valence-electron chi connectivity index (χ2n) is 4.30. The van der Waals surface area contributed by atoms with Crippen molar-refractivity contribution < 1.29 is 4.79 Å². The topological polar surface area (TPSA) is 42.0 Å². The summed E-state index contributed by atoms with van der Waals surface area (Å²) in [5.41, 5.74) is 0.442. The van der Waals surface area contributed by atoms with E-state index in [1.54, 1.807) is 12.3 Å².